The fraction of sp³-hybridized carbons (Fsp3) is 0.444. The van der Waals surface area contributed by atoms with Crippen molar-refractivity contribution in [3.05, 3.63) is 57.8 Å². The lowest BCUT2D eigenvalue weighted by Gasteiger charge is -2.29. The van der Waals surface area contributed by atoms with Crippen molar-refractivity contribution in [1.29, 1.82) is 0 Å². The second kappa shape index (κ2) is 13.1. The Kier molecular flexibility index (Phi) is 10.2. The van der Waals surface area contributed by atoms with Crippen LogP contribution in [0.25, 0.3) is 0 Å². The number of amides is 3. The number of carbonyl (C=O) groups excluding carboxylic acids is 4. The van der Waals surface area contributed by atoms with E-state index in [2.05, 4.69) is 15.6 Å². The summed E-state index contributed by atoms with van der Waals surface area (Å²) in [5.74, 6) is -1.54. The van der Waals surface area contributed by atoms with Crippen molar-refractivity contribution in [1.82, 2.24) is 15.2 Å². The first-order valence-corrected chi connectivity index (χ1v) is 13.3. The van der Waals surface area contributed by atoms with Crippen molar-refractivity contribution in [3.8, 4) is 0 Å². The maximum absolute atomic E-state index is 13.2. The van der Waals surface area contributed by atoms with E-state index in [1.165, 1.54) is 17.3 Å². The minimum absolute atomic E-state index is 0.106. The van der Waals surface area contributed by atoms with E-state index in [0.29, 0.717) is 30.6 Å². The average Bonchev–Trinajstić information content (AvgIpc) is 3.34. The zero-order valence-corrected chi connectivity index (χ0v) is 23.8. The van der Waals surface area contributed by atoms with Gasteiger partial charge in [0.2, 0.25) is 5.91 Å². The third-order valence-electron chi connectivity index (χ3n) is 5.80. The normalized spacial score (nSPS) is 15.8. The zero-order valence-electron chi connectivity index (χ0n) is 22.3. The number of carbonyl (C=O) groups is 4. The molecule has 3 rings (SSSR count). The maximum atomic E-state index is 13.2. The highest BCUT2D eigenvalue weighted by Gasteiger charge is 2.38. The molecule has 1 aliphatic heterocycles. The predicted molar refractivity (Wildman–Crippen MR) is 147 cm³/mol. The van der Waals surface area contributed by atoms with Crippen LogP contribution in [0.2, 0.25) is 10.0 Å². The van der Waals surface area contributed by atoms with E-state index in [1.54, 1.807) is 52.0 Å². The van der Waals surface area contributed by atoms with Crippen LogP contribution in [0.1, 0.15) is 56.5 Å². The number of anilines is 1. The summed E-state index contributed by atoms with van der Waals surface area (Å²) in [7, 11) is 0. The van der Waals surface area contributed by atoms with Gasteiger partial charge >= 0.3 is 12.1 Å². The number of esters is 1. The Morgan fingerprint density at radius 1 is 1.10 bits per heavy atom. The number of benzene rings is 1. The second-order valence-corrected chi connectivity index (χ2v) is 10.8. The van der Waals surface area contributed by atoms with E-state index >= 15 is 0 Å². The quantitative estimate of drug-likeness (QED) is 0.437. The number of halogens is 2. The van der Waals surface area contributed by atoms with Gasteiger partial charge in [-0.25, -0.2) is 9.59 Å². The molecule has 1 saturated heterocycles. The molecule has 12 heteroatoms. The lowest BCUT2D eigenvalue weighted by molar-refractivity contribution is -0.147. The predicted octanol–water partition coefficient (Wildman–Crippen LogP) is 4.63. The monoisotopic (exact) mass is 578 g/mol. The molecule has 2 aromatic rings. The van der Waals surface area contributed by atoms with Gasteiger partial charge in [0, 0.05) is 31.0 Å². The van der Waals surface area contributed by atoms with Crippen LogP contribution in [0.5, 0.6) is 0 Å². The molecule has 39 heavy (non-hydrogen) atoms. The Morgan fingerprint density at radius 3 is 2.33 bits per heavy atom. The number of nitrogens with one attached hydrogen (secondary N) is 2. The van der Waals surface area contributed by atoms with Gasteiger partial charge in [0.05, 0.1) is 22.2 Å². The van der Waals surface area contributed by atoms with Gasteiger partial charge in [-0.1, -0.05) is 35.3 Å². The number of ether oxygens (including phenoxy) is 2. The van der Waals surface area contributed by atoms with Crippen molar-refractivity contribution in [2.45, 2.75) is 64.6 Å². The Hall–Kier alpha value is -3.37. The average molecular weight is 579 g/mol. The van der Waals surface area contributed by atoms with Crippen LogP contribution < -0.4 is 10.6 Å². The van der Waals surface area contributed by atoms with Crippen molar-refractivity contribution >= 4 is 52.8 Å². The number of rotatable bonds is 8. The topological polar surface area (TPSA) is 127 Å². The molecule has 10 nitrogen and oxygen atoms in total. The number of nitrogens with zero attached hydrogens (tertiary/aromatic N) is 2. The molecule has 0 saturated carbocycles. The molecule has 1 aliphatic rings. The third-order valence-corrected chi connectivity index (χ3v) is 6.38. The molecule has 1 unspecified atom stereocenters. The van der Waals surface area contributed by atoms with Crippen LogP contribution in [0.3, 0.4) is 0 Å². The molecular weight excluding hydrogens is 547 g/mol. The summed E-state index contributed by atoms with van der Waals surface area (Å²) < 4.78 is 10.6. The lowest BCUT2D eigenvalue weighted by atomic mass is 10.0. The van der Waals surface area contributed by atoms with Crippen LogP contribution in [-0.4, -0.2) is 64.6 Å². The second-order valence-electron chi connectivity index (χ2n) is 9.98. The minimum atomic E-state index is -0.978. The first-order chi connectivity index (χ1) is 18.4. The standard InChI is InChI=1S/C27H32Cl2N4O6/c1-5-38-25(36)20(32-23(34)21-7-6-12-33(21)26(37)39-27(2,3)4)13-16-8-10-17(11-9-16)31-24(35)22-18(28)14-30-15-19(22)29/h8-11,14-15,20-21H,5-7,12-13H2,1-4H3,(H,31,35)(H,32,34)/t20?,21-/m0/s1. The Balaban J connectivity index is 1.69. The van der Waals surface area contributed by atoms with Crippen LogP contribution >= 0.6 is 23.2 Å². The highest BCUT2D eigenvalue weighted by atomic mass is 35.5. The minimum Gasteiger partial charge on any atom is -0.464 e. The molecule has 2 N–H and O–H groups in total. The number of likely N-dealkylation sites (tertiary alicyclic amines) is 1. The number of pyridine rings is 1. The summed E-state index contributed by atoms with van der Waals surface area (Å²) >= 11 is 12.1. The summed E-state index contributed by atoms with van der Waals surface area (Å²) in [4.78, 5) is 56.3. The van der Waals surface area contributed by atoms with Gasteiger partial charge in [-0.15, -0.1) is 0 Å². The number of hydrogen-bond donors (Lipinski definition) is 2. The van der Waals surface area contributed by atoms with E-state index in [0.717, 1.165) is 0 Å². The molecule has 2 heterocycles. The highest BCUT2D eigenvalue weighted by Crippen LogP contribution is 2.25. The van der Waals surface area contributed by atoms with E-state index in [9.17, 15) is 19.2 Å². The SMILES string of the molecule is CCOC(=O)C(Cc1ccc(NC(=O)c2c(Cl)cncc2Cl)cc1)NC(=O)[C@@H]1CCCN1C(=O)OC(C)(C)C. The van der Waals surface area contributed by atoms with Crippen LogP contribution in [0, 0.1) is 0 Å². The van der Waals surface area contributed by atoms with Crippen LogP contribution in [0.15, 0.2) is 36.7 Å². The first kappa shape index (κ1) is 30.2. The molecule has 3 amide bonds. The molecule has 0 spiro atoms. The Labute approximate surface area is 237 Å². The van der Waals surface area contributed by atoms with Gasteiger partial charge in [0.15, 0.2) is 0 Å². The summed E-state index contributed by atoms with van der Waals surface area (Å²) in [5, 5.41) is 5.72. The van der Waals surface area contributed by atoms with Crippen LogP contribution in [-0.2, 0) is 25.5 Å². The molecule has 0 bridgehead atoms. The molecule has 0 radical (unpaired) electrons. The lowest BCUT2D eigenvalue weighted by Crippen LogP contribution is -2.52. The van der Waals surface area contributed by atoms with Gasteiger partial charge in [-0.05, 0) is 58.2 Å². The van der Waals surface area contributed by atoms with E-state index in [1.807, 2.05) is 0 Å². The van der Waals surface area contributed by atoms with Crippen LogP contribution in [0.4, 0.5) is 10.5 Å². The van der Waals surface area contributed by atoms with Crippen molar-refractivity contribution in [3.63, 3.8) is 0 Å². The van der Waals surface area contributed by atoms with Gasteiger partial charge in [0.25, 0.3) is 5.91 Å². The molecule has 1 fully saturated rings. The summed E-state index contributed by atoms with van der Waals surface area (Å²) in [6.07, 6.45) is 3.33. The molecule has 210 valence electrons. The number of hydrogen-bond acceptors (Lipinski definition) is 7. The summed E-state index contributed by atoms with van der Waals surface area (Å²) in [6.45, 7) is 7.48. The van der Waals surface area contributed by atoms with Crippen molar-refractivity contribution in [2.75, 3.05) is 18.5 Å². The maximum Gasteiger partial charge on any atom is 0.410 e. The zero-order chi connectivity index (χ0) is 28.7. The highest BCUT2D eigenvalue weighted by molar-refractivity contribution is 6.40. The van der Waals surface area contributed by atoms with Gasteiger partial charge < -0.3 is 20.1 Å². The van der Waals surface area contributed by atoms with Gasteiger partial charge in [-0.2, -0.15) is 0 Å². The van der Waals surface area contributed by atoms with Gasteiger partial charge in [0.1, 0.15) is 17.7 Å². The largest absolute Gasteiger partial charge is 0.464 e. The van der Waals surface area contributed by atoms with E-state index < -0.39 is 41.6 Å². The molecule has 0 aliphatic carbocycles. The molecule has 2 atom stereocenters. The Bertz CT molecular complexity index is 1200. The molecular formula is C27H32Cl2N4O6. The van der Waals surface area contributed by atoms with E-state index in [-0.39, 0.29) is 28.6 Å². The molecule has 1 aromatic carbocycles. The van der Waals surface area contributed by atoms with Crippen molar-refractivity contribution in [2.24, 2.45) is 0 Å². The summed E-state index contributed by atoms with van der Waals surface area (Å²) in [5.41, 5.74) is 0.594. The summed E-state index contributed by atoms with van der Waals surface area (Å²) in [6, 6.07) is 5.01. The Morgan fingerprint density at radius 2 is 1.74 bits per heavy atom. The van der Waals surface area contributed by atoms with Gasteiger partial charge in [-0.3, -0.25) is 19.5 Å². The molecule has 1 aromatic heterocycles. The fourth-order valence-corrected chi connectivity index (χ4v) is 4.60. The third kappa shape index (κ3) is 8.31. The smallest absolute Gasteiger partial charge is 0.410 e. The van der Waals surface area contributed by atoms with E-state index in [4.69, 9.17) is 32.7 Å². The fourth-order valence-electron chi connectivity index (χ4n) is 4.06. The first-order valence-electron chi connectivity index (χ1n) is 12.6. The number of aromatic nitrogens is 1. The van der Waals surface area contributed by atoms with Crippen molar-refractivity contribution < 1.29 is 28.7 Å².